The Labute approximate surface area is 121 Å². The predicted octanol–water partition coefficient (Wildman–Crippen LogP) is 1.64. The molecule has 0 spiro atoms. The van der Waals surface area contributed by atoms with E-state index in [-0.39, 0.29) is 17.2 Å². The molecule has 2 aromatic rings. The first-order chi connectivity index (χ1) is 9.97. The Morgan fingerprint density at radius 2 is 1.62 bits per heavy atom. The van der Waals surface area contributed by atoms with Gasteiger partial charge in [-0.15, -0.1) is 0 Å². The van der Waals surface area contributed by atoms with E-state index in [2.05, 4.69) is 10.3 Å². The van der Waals surface area contributed by atoms with Crippen molar-refractivity contribution in [2.24, 2.45) is 5.73 Å². The molecule has 0 bridgehead atoms. The van der Waals surface area contributed by atoms with E-state index in [4.69, 9.17) is 5.73 Å². The van der Waals surface area contributed by atoms with Crippen molar-refractivity contribution in [2.45, 2.75) is 6.92 Å². The number of pyridine rings is 1. The zero-order chi connectivity index (χ0) is 15.4. The van der Waals surface area contributed by atoms with Gasteiger partial charge in [0.05, 0.1) is 0 Å². The van der Waals surface area contributed by atoms with Gasteiger partial charge in [-0.05, 0) is 43.3 Å². The molecule has 106 valence electrons. The van der Waals surface area contributed by atoms with Gasteiger partial charge in [0.2, 0.25) is 0 Å². The number of nitrogens with one attached hydrogen (secondary N) is 1. The highest BCUT2D eigenvalue weighted by atomic mass is 16.2. The van der Waals surface area contributed by atoms with Gasteiger partial charge >= 0.3 is 0 Å². The summed E-state index contributed by atoms with van der Waals surface area (Å²) >= 11 is 0. The average molecular weight is 283 g/mol. The van der Waals surface area contributed by atoms with Crippen LogP contribution in [0.4, 0.5) is 5.69 Å². The first-order valence-electron chi connectivity index (χ1n) is 6.16. The fourth-order valence-corrected chi connectivity index (χ4v) is 1.68. The van der Waals surface area contributed by atoms with Crippen molar-refractivity contribution in [1.29, 1.82) is 0 Å². The molecule has 3 N–H and O–H groups in total. The van der Waals surface area contributed by atoms with Gasteiger partial charge in [-0.25, -0.2) is 4.98 Å². The third-order valence-corrected chi connectivity index (χ3v) is 2.78. The molecule has 1 aromatic heterocycles. The van der Waals surface area contributed by atoms with Crippen LogP contribution in [0.2, 0.25) is 0 Å². The number of hydrogen-bond acceptors (Lipinski definition) is 4. The minimum Gasteiger partial charge on any atom is -0.364 e. The van der Waals surface area contributed by atoms with Gasteiger partial charge in [0.15, 0.2) is 5.78 Å². The second-order valence-electron chi connectivity index (χ2n) is 4.36. The van der Waals surface area contributed by atoms with E-state index >= 15 is 0 Å². The lowest BCUT2D eigenvalue weighted by molar-refractivity contribution is 0.0991. The number of ketones is 1. The number of aromatic nitrogens is 1. The average Bonchev–Trinajstić information content (AvgIpc) is 2.48. The highest BCUT2D eigenvalue weighted by molar-refractivity contribution is 6.04. The largest absolute Gasteiger partial charge is 0.364 e. The number of benzene rings is 1. The minimum atomic E-state index is -0.699. The molecule has 6 heteroatoms. The molecule has 0 aliphatic carbocycles. The summed E-state index contributed by atoms with van der Waals surface area (Å²) in [6.07, 6.45) is 0. The zero-order valence-electron chi connectivity index (χ0n) is 11.3. The Morgan fingerprint density at radius 1 is 1.00 bits per heavy atom. The van der Waals surface area contributed by atoms with Crippen molar-refractivity contribution in [3.05, 3.63) is 59.4 Å². The summed E-state index contributed by atoms with van der Waals surface area (Å²) in [5, 5.41) is 2.63. The highest BCUT2D eigenvalue weighted by Crippen LogP contribution is 2.11. The molecule has 2 amide bonds. The second kappa shape index (κ2) is 5.96. The smallest absolute Gasteiger partial charge is 0.274 e. The number of amides is 2. The van der Waals surface area contributed by atoms with E-state index in [9.17, 15) is 14.4 Å². The molecule has 0 aliphatic heterocycles. The van der Waals surface area contributed by atoms with Crippen LogP contribution in [0.1, 0.15) is 38.3 Å². The quantitative estimate of drug-likeness (QED) is 0.832. The van der Waals surface area contributed by atoms with Crippen LogP contribution in [0.15, 0.2) is 42.5 Å². The summed E-state index contributed by atoms with van der Waals surface area (Å²) in [4.78, 5) is 38.1. The molecule has 1 heterocycles. The van der Waals surface area contributed by atoms with Gasteiger partial charge in [-0.1, -0.05) is 6.07 Å². The molecule has 0 radical (unpaired) electrons. The van der Waals surface area contributed by atoms with Crippen LogP contribution in [-0.4, -0.2) is 22.6 Å². The van der Waals surface area contributed by atoms with Gasteiger partial charge in [0.25, 0.3) is 11.8 Å². The van der Waals surface area contributed by atoms with Crippen LogP contribution >= 0.6 is 0 Å². The van der Waals surface area contributed by atoms with E-state index in [1.54, 1.807) is 24.3 Å². The van der Waals surface area contributed by atoms with E-state index in [1.165, 1.54) is 25.1 Å². The van der Waals surface area contributed by atoms with Crippen LogP contribution in [0, 0.1) is 0 Å². The third kappa shape index (κ3) is 3.50. The molecule has 0 unspecified atom stereocenters. The Kier molecular flexibility index (Phi) is 4.08. The Balaban J connectivity index is 2.16. The lowest BCUT2D eigenvalue weighted by atomic mass is 10.1. The number of Topliss-reactive ketones (excluding diaryl/α,β-unsaturated/α-hetero) is 1. The third-order valence-electron chi connectivity index (χ3n) is 2.78. The molecular formula is C15H13N3O3. The fourth-order valence-electron chi connectivity index (χ4n) is 1.68. The summed E-state index contributed by atoms with van der Waals surface area (Å²) in [5.74, 6) is -1.21. The molecule has 21 heavy (non-hydrogen) atoms. The maximum atomic E-state index is 12.0. The summed E-state index contributed by atoms with van der Waals surface area (Å²) in [7, 11) is 0. The summed E-state index contributed by atoms with van der Waals surface area (Å²) < 4.78 is 0. The standard InChI is InChI=1S/C15H13N3O3/c1-9(19)10-5-7-11(8-6-10)17-15(21)13-4-2-3-12(18-13)14(16)20/h2-8H,1H3,(H2,16,20)(H,17,21). The molecular weight excluding hydrogens is 270 g/mol. The van der Waals surface area contributed by atoms with Gasteiger partial charge in [0.1, 0.15) is 11.4 Å². The van der Waals surface area contributed by atoms with Gasteiger partial charge in [-0.3, -0.25) is 14.4 Å². The van der Waals surface area contributed by atoms with Crippen LogP contribution in [-0.2, 0) is 0 Å². The lowest BCUT2D eigenvalue weighted by Crippen LogP contribution is -2.18. The van der Waals surface area contributed by atoms with Gasteiger partial charge < -0.3 is 11.1 Å². The van der Waals surface area contributed by atoms with Crippen LogP contribution < -0.4 is 11.1 Å². The first kappa shape index (κ1) is 14.4. The predicted molar refractivity (Wildman–Crippen MR) is 77.2 cm³/mol. The SMILES string of the molecule is CC(=O)c1ccc(NC(=O)c2cccc(C(N)=O)n2)cc1. The van der Waals surface area contributed by atoms with Crippen molar-refractivity contribution in [3.63, 3.8) is 0 Å². The van der Waals surface area contributed by atoms with Gasteiger partial charge in [0, 0.05) is 11.3 Å². The topological polar surface area (TPSA) is 102 Å². The molecule has 1 aromatic carbocycles. The maximum Gasteiger partial charge on any atom is 0.274 e. The van der Waals surface area contributed by atoms with Crippen LogP contribution in [0.3, 0.4) is 0 Å². The normalized spacial score (nSPS) is 9.95. The fraction of sp³-hybridized carbons (Fsp3) is 0.0667. The van der Waals surface area contributed by atoms with E-state index < -0.39 is 11.8 Å². The number of anilines is 1. The van der Waals surface area contributed by atoms with Crippen molar-refractivity contribution < 1.29 is 14.4 Å². The van der Waals surface area contributed by atoms with Gasteiger partial charge in [-0.2, -0.15) is 0 Å². The first-order valence-corrected chi connectivity index (χ1v) is 6.16. The number of nitrogens with two attached hydrogens (primary N) is 1. The number of nitrogens with zero attached hydrogens (tertiary/aromatic N) is 1. The van der Waals surface area contributed by atoms with Crippen molar-refractivity contribution in [3.8, 4) is 0 Å². The van der Waals surface area contributed by atoms with Crippen molar-refractivity contribution >= 4 is 23.3 Å². The van der Waals surface area contributed by atoms with Crippen molar-refractivity contribution in [2.75, 3.05) is 5.32 Å². The molecule has 0 aliphatic rings. The molecule has 2 rings (SSSR count). The number of carbonyl (C=O) groups is 3. The molecule has 0 fully saturated rings. The molecule has 0 saturated carbocycles. The Morgan fingerprint density at radius 3 is 2.19 bits per heavy atom. The number of hydrogen-bond donors (Lipinski definition) is 2. The highest BCUT2D eigenvalue weighted by Gasteiger charge is 2.10. The van der Waals surface area contributed by atoms with E-state index in [1.807, 2.05) is 0 Å². The Hall–Kier alpha value is -3.02. The zero-order valence-corrected chi connectivity index (χ0v) is 11.3. The van der Waals surface area contributed by atoms with Crippen LogP contribution in [0.25, 0.3) is 0 Å². The number of primary amides is 1. The molecule has 0 saturated heterocycles. The summed E-state index contributed by atoms with van der Waals surface area (Å²) in [5.41, 5.74) is 6.30. The monoisotopic (exact) mass is 283 g/mol. The summed E-state index contributed by atoms with van der Waals surface area (Å²) in [6.45, 7) is 1.47. The number of carbonyl (C=O) groups excluding carboxylic acids is 3. The lowest BCUT2D eigenvalue weighted by Gasteiger charge is -2.06. The maximum absolute atomic E-state index is 12.0. The number of rotatable bonds is 4. The van der Waals surface area contributed by atoms with E-state index in [0.29, 0.717) is 11.3 Å². The van der Waals surface area contributed by atoms with Crippen molar-refractivity contribution in [1.82, 2.24) is 4.98 Å². The van der Waals surface area contributed by atoms with E-state index in [0.717, 1.165) is 0 Å². The molecule has 0 atom stereocenters. The summed E-state index contributed by atoms with van der Waals surface area (Å²) in [6, 6.07) is 10.9. The minimum absolute atomic E-state index is 0.0228. The molecule has 6 nitrogen and oxygen atoms in total. The Bertz CT molecular complexity index is 708. The second-order valence-corrected chi connectivity index (χ2v) is 4.36. The van der Waals surface area contributed by atoms with Crippen LogP contribution in [0.5, 0.6) is 0 Å².